The lowest BCUT2D eigenvalue weighted by molar-refractivity contribution is 0.208. The van der Waals surface area contributed by atoms with Crippen LogP contribution >= 0.6 is 0 Å². The number of hydrogen-bond acceptors (Lipinski definition) is 3. The highest BCUT2D eigenvalue weighted by atomic mass is 16.2. The van der Waals surface area contributed by atoms with Crippen LogP contribution < -0.4 is 0 Å². The second-order valence-electron chi connectivity index (χ2n) is 5.84. The van der Waals surface area contributed by atoms with Crippen LogP contribution in [0.3, 0.4) is 0 Å². The first-order valence-corrected chi connectivity index (χ1v) is 7.51. The van der Waals surface area contributed by atoms with E-state index >= 15 is 0 Å². The van der Waals surface area contributed by atoms with Crippen LogP contribution in [0, 0.1) is 0 Å². The summed E-state index contributed by atoms with van der Waals surface area (Å²) < 4.78 is 0. The maximum absolute atomic E-state index is 8.97. The molecule has 0 radical (unpaired) electrons. The quantitative estimate of drug-likeness (QED) is 0.856. The summed E-state index contributed by atoms with van der Waals surface area (Å²) in [6.45, 7) is 6.81. The zero-order chi connectivity index (χ0) is 13.7. The van der Waals surface area contributed by atoms with E-state index in [9.17, 15) is 0 Å². The molecule has 1 aliphatic rings. The molecule has 19 heavy (non-hydrogen) atoms. The van der Waals surface area contributed by atoms with E-state index in [1.54, 1.807) is 0 Å². The molecule has 1 aromatic rings. The highest BCUT2D eigenvalue weighted by Gasteiger charge is 2.24. The molecule has 1 fully saturated rings. The Kier molecular flexibility index (Phi) is 5.34. The molecule has 0 saturated carbocycles. The first-order chi connectivity index (χ1) is 9.20. The highest BCUT2D eigenvalue weighted by Crippen LogP contribution is 2.23. The molecule has 2 heterocycles. The van der Waals surface area contributed by atoms with E-state index < -0.39 is 0 Å². The number of hydrogen-bond donors (Lipinski definition) is 1. The Morgan fingerprint density at radius 2 is 2.26 bits per heavy atom. The molecule has 1 unspecified atom stereocenters. The number of pyridine rings is 1. The monoisotopic (exact) mass is 262 g/mol. The van der Waals surface area contributed by atoms with Gasteiger partial charge >= 0.3 is 0 Å². The van der Waals surface area contributed by atoms with Gasteiger partial charge < -0.3 is 5.11 Å². The van der Waals surface area contributed by atoms with Gasteiger partial charge in [-0.2, -0.15) is 0 Å². The Labute approximate surface area is 116 Å². The minimum absolute atomic E-state index is 0.311. The lowest BCUT2D eigenvalue weighted by Gasteiger charge is -2.24. The standard InChI is InChI=1S/C16H26N2O/c1-13(2)16-9-3-6-14(17-16)12-18-10-4-7-15(18)8-5-11-19/h3,6,9,13,15,19H,4-5,7-8,10-12H2,1-2H3. The normalized spacial score (nSPS) is 20.3. The molecular formula is C16H26N2O. The number of nitrogens with zero attached hydrogens (tertiary/aromatic N) is 2. The van der Waals surface area contributed by atoms with Crippen molar-refractivity contribution < 1.29 is 5.11 Å². The molecule has 1 atom stereocenters. The minimum Gasteiger partial charge on any atom is -0.396 e. The summed E-state index contributed by atoms with van der Waals surface area (Å²) in [6.07, 6.45) is 4.57. The molecule has 106 valence electrons. The molecule has 1 aliphatic heterocycles. The summed E-state index contributed by atoms with van der Waals surface area (Å²) in [7, 11) is 0. The Morgan fingerprint density at radius 3 is 3.00 bits per heavy atom. The number of likely N-dealkylation sites (tertiary alicyclic amines) is 1. The average Bonchev–Trinajstić information content (AvgIpc) is 2.84. The van der Waals surface area contributed by atoms with E-state index in [1.165, 1.54) is 30.8 Å². The van der Waals surface area contributed by atoms with Gasteiger partial charge in [0.05, 0.1) is 5.69 Å². The van der Waals surface area contributed by atoms with Crippen LogP contribution in [-0.2, 0) is 6.54 Å². The maximum atomic E-state index is 8.97. The number of rotatable bonds is 6. The van der Waals surface area contributed by atoms with Gasteiger partial charge in [-0.3, -0.25) is 9.88 Å². The first kappa shape index (κ1) is 14.5. The molecule has 1 aromatic heterocycles. The van der Waals surface area contributed by atoms with Gasteiger partial charge in [0.1, 0.15) is 0 Å². The second-order valence-corrected chi connectivity index (χ2v) is 5.84. The Bertz CT molecular complexity index is 392. The Morgan fingerprint density at radius 1 is 1.42 bits per heavy atom. The molecule has 0 aliphatic carbocycles. The molecular weight excluding hydrogens is 236 g/mol. The number of aliphatic hydroxyl groups excluding tert-OH is 1. The van der Waals surface area contributed by atoms with Crippen molar-refractivity contribution in [3.8, 4) is 0 Å². The lowest BCUT2D eigenvalue weighted by atomic mass is 10.1. The van der Waals surface area contributed by atoms with Crippen LogP contribution in [0.5, 0.6) is 0 Å². The SMILES string of the molecule is CC(C)c1cccc(CN2CCCC2CCCO)n1. The molecule has 2 rings (SSSR count). The molecule has 1 N–H and O–H groups in total. The summed E-state index contributed by atoms with van der Waals surface area (Å²) in [5.41, 5.74) is 2.37. The number of aromatic nitrogens is 1. The zero-order valence-corrected chi connectivity index (χ0v) is 12.2. The summed E-state index contributed by atoms with van der Waals surface area (Å²) in [5, 5.41) is 8.97. The molecule has 0 bridgehead atoms. The third-order valence-electron chi connectivity index (χ3n) is 3.98. The van der Waals surface area contributed by atoms with Crippen LogP contribution in [0.1, 0.15) is 56.8 Å². The van der Waals surface area contributed by atoms with Gasteiger partial charge in [-0.25, -0.2) is 0 Å². The van der Waals surface area contributed by atoms with Crippen LogP contribution in [0.4, 0.5) is 0 Å². The van der Waals surface area contributed by atoms with Gasteiger partial charge in [-0.05, 0) is 50.3 Å². The average molecular weight is 262 g/mol. The van der Waals surface area contributed by atoms with Crippen molar-refractivity contribution in [2.45, 2.75) is 58.0 Å². The van der Waals surface area contributed by atoms with E-state index in [2.05, 4.69) is 36.9 Å². The summed E-state index contributed by atoms with van der Waals surface area (Å²) in [4.78, 5) is 7.29. The fourth-order valence-corrected chi connectivity index (χ4v) is 2.87. The van der Waals surface area contributed by atoms with E-state index in [0.29, 0.717) is 18.6 Å². The molecule has 3 heteroatoms. The van der Waals surface area contributed by atoms with Gasteiger partial charge in [0, 0.05) is 24.9 Å². The molecule has 0 aromatic carbocycles. The maximum Gasteiger partial charge on any atom is 0.0547 e. The molecule has 1 saturated heterocycles. The van der Waals surface area contributed by atoms with E-state index in [0.717, 1.165) is 19.4 Å². The van der Waals surface area contributed by atoms with Gasteiger partial charge in [-0.15, -0.1) is 0 Å². The van der Waals surface area contributed by atoms with Crippen LogP contribution in [0.25, 0.3) is 0 Å². The van der Waals surface area contributed by atoms with Crippen molar-refractivity contribution in [2.75, 3.05) is 13.2 Å². The minimum atomic E-state index is 0.311. The smallest absolute Gasteiger partial charge is 0.0547 e. The van der Waals surface area contributed by atoms with Crippen molar-refractivity contribution in [1.29, 1.82) is 0 Å². The summed E-state index contributed by atoms with van der Waals surface area (Å²) >= 11 is 0. The lowest BCUT2D eigenvalue weighted by Crippen LogP contribution is -2.29. The fourth-order valence-electron chi connectivity index (χ4n) is 2.87. The van der Waals surface area contributed by atoms with Gasteiger partial charge in [0.25, 0.3) is 0 Å². The first-order valence-electron chi connectivity index (χ1n) is 7.51. The van der Waals surface area contributed by atoms with Crippen molar-refractivity contribution in [3.05, 3.63) is 29.6 Å². The third-order valence-corrected chi connectivity index (χ3v) is 3.98. The zero-order valence-electron chi connectivity index (χ0n) is 12.2. The van der Waals surface area contributed by atoms with Gasteiger partial charge in [0.2, 0.25) is 0 Å². The van der Waals surface area contributed by atoms with Crippen molar-refractivity contribution in [1.82, 2.24) is 9.88 Å². The van der Waals surface area contributed by atoms with Crippen LogP contribution in [0.2, 0.25) is 0 Å². The summed E-state index contributed by atoms with van der Waals surface area (Å²) in [5.74, 6) is 0.490. The highest BCUT2D eigenvalue weighted by molar-refractivity contribution is 5.14. The summed E-state index contributed by atoms with van der Waals surface area (Å²) in [6, 6.07) is 7.00. The fraction of sp³-hybridized carbons (Fsp3) is 0.688. The van der Waals surface area contributed by atoms with E-state index in [-0.39, 0.29) is 0 Å². The van der Waals surface area contributed by atoms with Crippen LogP contribution in [-0.4, -0.2) is 34.2 Å². The topological polar surface area (TPSA) is 36.4 Å². The second kappa shape index (κ2) is 7.01. The van der Waals surface area contributed by atoms with E-state index in [4.69, 9.17) is 10.1 Å². The largest absolute Gasteiger partial charge is 0.396 e. The van der Waals surface area contributed by atoms with Gasteiger partial charge in [0.15, 0.2) is 0 Å². The van der Waals surface area contributed by atoms with Crippen LogP contribution in [0.15, 0.2) is 18.2 Å². The molecule has 0 amide bonds. The molecule has 0 spiro atoms. The van der Waals surface area contributed by atoms with Crippen molar-refractivity contribution >= 4 is 0 Å². The molecule has 3 nitrogen and oxygen atoms in total. The van der Waals surface area contributed by atoms with Crippen molar-refractivity contribution in [2.24, 2.45) is 0 Å². The third kappa shape index (κ3) is 4.02. The van der Waals surface area contributed by atoms with E-state index in [1.807, 2.05) is 0 Å². The predicted octanol–water partition coefficient (Wildman–Crippen LogP) is 2.94. The predicted molar refractivity (Wildman–Crippen MR) is 78.1 cm³/mol. The Balaban J connectivity index is 1.97. The Hall–Kier alpha value is -0.930. The van der Waals surface area contributed by atoms with Crippen molar-refractivity contribution in [3.63, 3.8) is 0 Å². The number of aliphatic hydroxyl groups is 1. The van der Waals surface area contributed by atoms with Gasteiger partial charge in [-0.1, -0.05) is 19.9 Å².